The smallest absolute Gasteiger partial charge is 0.410 e. The van der Waals surface area contributed by atoms with E-state index in [1.165, 1.54) is 19.1 Å². The minimum atomic E-state index is -0.566. The summed E-state index contributed by atoms with van der Waals surface area (Å²) in [6.07, 6.45) is -0.446. The van der Waals surface area contributed by atoms with Gasteiger partial charge in [-0.2, -0.15) is 0 Å². The van der Waals surface area contributed by atoms with E-state index in [2.05, 4.69) is 0 Å². The molecule has 22 heavy (non-hydrogen) atoms. The third-order valence-corrected chi connectivity index (χ3v) is 2.82. The second-order valence-electron chi connectivity index (χ2n) is 5.83. The number of carbonyl (C=O) groups is 2. The van der Waals surface area contributed by atoms with Gasteiger partial charge in [-0.15, -0.1) is 0 Å². The fraction of sp³-hybridized carbons (Fsp3) is 0.500. The fourth-order valence-corrected chi connectivity index (χ4v) is 1.88. The van der Waals surface area contributed by atoms with E-state index in [9.17, 15) is 9.59 Å². The van der Waals surface area contributed by atoms with Gasteiger partial charge in [0.05, 0.1) is 20.8 Å². The van der Waals surface area contributed by atoms with E-state index in [1.807, 2.05) is 0 Å². The Hall–Kier alpha value is -2.24. The number of nitrogens with zero attached hydrogens (tertiary/aromatic N) is 1. The van der Waals surface area contributed by atoms with Crippen LogP contribution in [-0.2, 0) is 16.0 Å². The van der Waals surface area contributed by atoms with E-state index in [4.69, 9.17) is 14.2 Å². The number of para-hydroxylation sites is 1. The van der Waals surface area contributed by atoms with Crippen LogP contribution < -0.4 is 4.74 Å². The zero-order valence-electron chi connectivity index (χ0n) is 13.9. The van der Waals surface area contributed by atoms with Gasteiger partial charge in [-0.1, -0.05) is 12.1 Å². The molecule has 0 unspecified atom stereocenters. The highest BCUT2D eigenvalue weighted by Crippen LogP contribution is 2.26. The van der Waals surface area contributed by atoms with E-state index in [0.717, 1.165) is 0 Å². The van der Waals surface area contributed by atoms with E-state index in [0.29, 0.717) is 16.9 Å². The van der Waals surface area contributed by atoms with Crippen molar-refractivity contribution in [1.82, 2.24) is 4.90 Å². The molecular formula is C16H23NO5. The number of esters is 1. The molecule has 0 saturated carbocycles. The maximum Gasteiger partial charge on any atom is 0.410 e. The molecule has 0 heterocycles. The van der Waals surface area contributed by atoms with Crippen LogP contribution in [0.4, 0.5) is 4.79 Å². The SMILES string of the molecule is COC(=O)c1cccc(CN(C)C(=O)OC(C)(C)C)c1OC. The number of methoxy groups -OCH3 is 2. The first-order valence-electron chi connectivity index (χ1n) is 6.88. The monoisotopic (exact) mass is 309 g/mol. The van der Waals surface area contributed by atoms with Gasteiger partial charge in [0.1, 0.15) is 16.9 Å². The lowest BCUT2D eigenvalue weighted by Crippen LogP contribution is -2.34. The number of amides is 1. The Kier molecular flexibility index (Phi) is 5.79. The molecule has 1 rings (SSSR count). The summed E-state index contributed by atoms with van der Waals surface area (Å²) in [5.41, 5.74) is 0.447. The van der Waals surface area contributed by atoms with Crippen LogP contribution in [-0.4, -0.2) is 43.8 Å². The van der Waals surface area contributed by atoms with Gasteiger partial charge in [-0.25, -0.2) is 9.59 Å². The molecule has 122 valence electrons. The quantitative estimate of drug-likeness (QED) is 0.800. The fourth-order valence-electron chi connectivity index (χ4n) is 1.88. The number of rotatable bonds is 4. The molecule has 0 aromatic heterocycles. The third kappa shape index (κ3) is 4.65. The molecule has 0 aliphatic carbocycles. The van der Waals surface area contributed by atoms with Crippen LogP contribution in [0, 0.1) is 0 Å². The molecule has 6 heteroatoms. The minimum absolute atomic E-state index is 0.253. The van der Waals surface area contributed by atoms with Crippen molar-refractivity contribution < 1.29 is 23.8 Å². The van der Waals surface area contributed by atoms with Gasteiger partial charge in [-0.05, 0) is 26.8 Å². The van der Waals surface area contributed by atoms with Crippen LogP contribution in [0.3, 0.4) is 0 Å². The second kappa shape index (κ2) is 7.15. The first-order valence-corrected chi connectivity index (χ1v) is 6.88. The zero-order valence-corrected chi connectivity index (χ0v) is 13.9. The van der Waals surface area contributed by atoms with E-state index < -0.39 is 17.7 Å². The Bertz CT molecular complexity index is 548. The van der Waals surface area contributed by atoms with Crippen molar-refractivity contribution in [3.05, 3.63) is 29.3 Å². The van der Waals surface area contributed by atoms with Gasteiger partial charge in [0.25, 0.3) is 0 Å². The Labute approximate surface area is 131 Å². The van der Waals surface area contributed by atoms with Crippen molar-refractivity contribution in [2.45, 2.75) is 32.9 Å². The predicted octanol–water partition coefficient (Wildman–Crippen LogP) is 2.85. The molecule has 1 amide bonds. The summed E-state index contributed by atoms with van der Waals surface area (Å²) in [6.45, 7) is 5.66. The number of hydrogen-bond donors (Lipinski definition) is 0. The summed E-state index contributed by atoms with van der Waals surface area (Å²) in [6, 6.07) is 5.11. The Morgan fingerprint density at radius 2 is 1.82 bits per heavy atom. The van der Waals surface area contributed by atoms with Crippen molar-refractivity contribution in [2.24, 2.45) is 0 Å². The minimum Gasteiger partial charge on any atom is -0.495 e. The molecule has 0 bridgehead atoms. The van der Waals surface area contributed by atoms with Crippen LogP contribution in [0.25, 0.3) is 0 Å². The molecule has 0 radical (unpaired) electrons. The molecular weight excluding hydrogens is 286 g/mol. The molecule has 0 aliphatic rings. The standard InChI is InChI=1S/C16H23NO5/c1-16(2,3)22-15(19)17(4)10-11-8-7-9-12(13(11)20-5)14(18)21-6/h7-9H,10H2,1-6H3. The van der Waals surface area contributed by atoms with Gasteiger partial charge in [-0.3, -0.25) is 0 Å². The molecule has 0 aliphatic heterocycles. The van der Waals surface area contributed by atoms with Crippen molar-refractivity contribution in [3.63, 3.8) is 0 Å². The molecule has 0 N–H and O–H groups in total. The maximum atomic E-state index is 12.0. The number of hydrogen-bond acceptors (Lipinski definition) is 5. The van der Waals surface area contributed by atoms with Gasteiger partial charge in [0, 0.05) is 12.6 Å². The summed E-state index contributed by atoms with van der Waals surface area (Å²) in [4.78, 5) is 25.2. The van der Waals surface area contributed by atoms with Crippen molar-refractivity contribution in [3.8, 4) is 5.75 Å². The molecule has 0 saturated heterocycles. The maximum absolute atomic E-state index is 12.0. The molecule has 0 spiro atoms. The molecule has 6 nitrogen and oxygen atoms in total. The van der Waals surface area contributed by atoms with Gasteiger partial charge in [0.15, 0.2) is 0 Å². The first kappa shape index (κ1) is 17.8. The number of carbonyl (C=O) groups excluding carboxylic acids is 2. The number of benzene rings is 1. The summed E-state index contributed by atoms with van der Waals surface area (Å²) in [7, 11) is 4.40. The normalized spacial score (nSPS) is 10.8. The van der Waals surface area contributed by atoms with Gasteiger partial charge < -0.3 is 19.1 Å². The Balaban J connectivity index is 2.98. The summed E-state index contributed by atoms with van der Waals surface area (Å²) >= 11 is 0. The van der Waals surface area contributed by atoms with Crippen molar-refractivity contribution in [1.29, 1.82) is 0 Å². The molecule has 1 aromatic carbocycles. The Morgan fingerprint density at radius 1 is 1.18 bits per heavy atom. The van der Waals surface area contributed by atoms with Gasteiger partial charge in [0.2, 0.25) is 0 Å². The predicted molar refractivity (Wildman–Crippen MR) is 82.0 cm³/mol. The van der Waals surface area contributed by atoms with E-state index in [-0.39, 0.29) is 6.54 Å². The summed E-state index contributed by atoms with van der Waals surface area (Å²) in [5, 5.41) is 0. The van der Waals surface area contributed by atoms with Crippen LogP contribution in [0.5, 0.6) is 5.75 Å². The van der Waals surface area contributed by atoms with Gasteiger partial charge >= 0.3 is 12.1 Å². The summed E-state index contributed by atoms with van der Waals surface area (Å²) in [5.74, 6) is -0.0941. The lowest BCUT2D eigenvalue weighted by atomic mass is 10.1. The highest BCUT2D eigenvalue weighted by molar-refractivity contribution is 5.93. The summed E-state index contributed by atoms with van der Waals surface area (Å²) < 4.78 is 15.3. The van der Waals surface area contributed by atoms with Crippen molar-refractivity contribution in [2.75, 3.05) is 21.3 Å². The van der Waals surface area contributed by atoms with Crippen molar-refractivity contribution >= 4 is 12.1 Å². The topological polar surface area (TPSA) is 65.1 Å². The lowest BCUT2D eigenvalue weighted by Gasteiger charge is -2.25. The lowest BCUT2D eigenvalue weighted by molar-refractivity contribution is 0.0284. The molecule has 0 atom stereocenters. The molecule has 0 fully saturated rings. The average molecular weight is 309 g/mol. The highest BCUT2D eigenvalue weighted by Gasteiger charge is 2.22. The second-order valence-corrected chi connectivity index (χ2v) is 5.83. The van der Waals surface area contributed by atoms with E-state index >= 15 is 0 Å². The van der Waals surface area contributed by atoms with Crippen LogP contribution in [0.15, 0.2) is 18.2 Å². The van der Waals surface area contributed by atoms with Crippen LogP contribution in [0.2, 0.25) is 0 Å². The first-order chi connectivity index (χ1) is 10.2. The van der Waals surface area contributed by atoms with Crippen LogP contribution >= 0.6 is 0 Å². The third-order valence-electron chi connectivity index (χ3n) is 2.82. The zero-order chi connectivity index (χ0) is 16.9. The average Bonchev–Trinajstić information content (AvgIpc) is 2.44. The number of ether oxygens (including phenoxy) is 3. The Morgan fingerprint density at radius 3 is 2.32 bits per heavy atom. The van der Waals surface area contributed by atoms with E-state index in [1.54, 1.807) is 46.0 Å². The van der Waals surface area contributed by atoms with Crippen LogP contribution in [0.1, 0.15) is 36.7 Å². The molecule has 1 aromatic rings. The largest absolute Gasteiger partial charge is 0.495 e. The highest BCUT2D eigenvalue weighted by atomic mass is 16.6.